The molecule has 0 N–H and O–H groups in total. The lowest BCUT2D eigenvalue weighted by Gasteiger charge is -2.14. The molecule has 3 nitrogen and oxygen atoms in total. The van der Waals surface area contributed by atoms with Crippen LogP contribution in [0, 0.1) is 0 Å². The molecule has 1 unspecified atom stereocenters. The minimum Gasteiger partial charge on any atom is -0.381 e. The monoisotopic (exact) mass is 257 g/mol. The van der Waals surface area contributed by atoms with Gasteiger partial charge in [-0.25, -0.2) is 0 Å². The Morgan fingerprint density at radius 2 is 1.78 bits per heavy atom. The van der Waals surface area contributed by atoms with E-state index in [4.69, 9.17) is 9.47 Å². The molecule has 0 aromatic heterocycles. The van der Waals surface area contributed by atoms with Gasteiger partial charge in [0.25, 0.3) is 0 Å². The van der Waals surface area contributed by atoms with Crippen molar-refractivity contribution in [3.63, 3.8) is 0 Å². The summed E-state index contributed by atoms with van der Waals surface area (Å²) in [6.45, 7) is 10.7. The van der Waals surface area contributed by atoms with E-state index in [1.54, 1.807) is 0 Å². The Labute approximate surface area is 113 Å². The summed E-state index contributed by atoms with van der Waals surface area (Å²) in [7, 11) is 0. The van der Waals surface area contributed by atoms with Crippen LogP contribution in [-0.4, -0.2) is 50.5 Å². The third-order valence-corrected chi connectivity index (χ3v) is 3.49. The number of hydrogen-bond donors (Lipinski definition) is 0. The predicted octanol–water partition coefficient (Wildman–Crippen LogP) is 3.08. The quantitative estimate of drug-likeness (QED) is 0.531. The molecule has 108 valence electrons. The molecule has 1 heterocycles. The molecule has 1 fully saturated rings. The number of nitrogens with zero attached hydrogens (tertiary/aromatic N) is 1. The summed E-state index contributed by atoms with van der Waals surface area (Å²) < 4.78 is 11.3. The van der Waals surface area contributed by atoms with Gasteiger partial charge in [-0.2, -0.15) is 0 Å². The van der Waals surface area contributed by atoms with Crippen LogP contribution < -0.4 is 0 Å². The highest BCUT2D eigenvalue weighted by atomic mass is 16.5. The van der Waals surface area contributed by atoms with Crippen molar-refractivity contribution in [2.24, 2.45) is 0 Å². The first kappa shape index (κ1) is 15.9. The van der Waals surface area contributed by atoms with Crippen LogP contribution in [0.3, 0.4) is 0 Å². The van der Waals surface area contributed by atoms with Gasteiger partial charge in [-0.1, -0.05) is 13.3 Å². The van der Waals surface area contributed by atoms with Gasteiger partial charge >= 0.3 is 0 Å². The van der Waals surface area contributed by atoms with E-state index in [0.29, 0.717) is 6.10 Å². The van der Waals surface area contributed by atoms with E-state index in [9.17, 15) is 0 Å². The maximum atomic E-state index is 5.68. The molecule has 1 rings (SSSR count). The molecule has 0 spiro atoms. The molecule has 1 atom stereocenters. The van der Waals surface area contributed by atoms with Crippen LogP contribution in [0.4, 0.5) is 0 Å². The fourth-order valence-electron chi connectivity index (χ4n) is 2.43. The van der Waals surface area contributed by atoms with Crippen LogP contribution in [0.1, 0.15) is 52.4 Å². The van der Waals surface area contributed by atoms with Gasteiger partial charge in [0.2, 0.25) is 0 Å². The molecule has 0 aliphatic carbocycles. The van der Waals surface area contributed by atoms with Crippen molar-refractivity contribution in [2.45, 2.75) is 58.5 Å². The molecule has 0 aromatic rings. The van der Waals surface area contributed by atoms with Gasteiger partial charge in [0.05, 0.1) is 6.10 Å². The third-order valence-electron chi connectivity index (χ3n) is 3.49. The number of rotatable bonds is 11. The zero-order valence-corrected chi connectivity index (χ0v) is 12.3. The Hall–Kier alpha value is -0.120. The van der Waals surface area contributed by atoms with Gasteiger partial charge in [0.1, 0.15) is 0 Å². The fourth-order valence-corrected chi connectivity index (χ4v) is 2.43. The second-order valence-electron chi connectivity index (χ2n) is 5.34. The Balaban J connectivity index is 1.75. The van der Waals surface area contributed by atoms with Crippen molar-refractivity contribution in [3.05, 3.63) is 0 Å². The van der Waals surface area contributed by atoms with Crippen LogP contribution >= 0.6 is 0 Å². The van der Waals surface area contributed by atoms with Gasteiger partial charge in [0, 0.05) is 26.4 Å². The number of likely N-dealkylation sites (tertiary alicyclic amines) is 1. The second-order valence-corrected chi connectivity index (χ2v) is 5.34. The molecule has 1 saturated heterocycles. The standard InChI is InChI=1S/C15H31NO2/c1-3-8-15(2)18-14-7-13-17-12-6-11-16-9-4-5-10-16/h15H,3-14H2,1-2H3. The van der Waals surface area contributed by atoms with Crippen LogP contribution in [-0.2, 0) is 9.47 Å². The van der Waals surface area contributed by atoms with Crippen LogP contribution in [0.5, 0.6) is 0 Å². The summed E-state index contributed by atoms with van der Waals surface area (Å²) >= 11 is 0. The van der Waals surface area contributed by atoms with E-state index in [2.05, 4.69) is 18.7 Å². The Bertz CT molecular complexity index is 181. The summed E-state index contributed by atoms with van der Waals surface area (Å²) in [5, 5.41) is 0. The molecule has 3 heteroatoms. The van der Waals surface area contributed by atoms with E-state index in [1.165, 1.54) is 45.3 Å². The lowest BCUT2D eigenvalue weighted by atomic mass is 10.2. The minimum atomic E-state index is 0.408. The molecule has 0 bridgehead atoms. The summed E-state index contributed by atoms with van der Waals surface area (Å²) in [6.07, 6.45) is 7.74. The number of hydrogen-bond acceptors (Lipinski definition) is 3. The first-order chi connectivity index (χ1) is 8.83. The molecule has 1 aliphatic rings. The molecule has 0 amide bonds. The third kappa shape index (κ3) is 8.06. The Morgan fingerprint density at radius 1 is 1.06 bits per heavy atom. The van der Waals surface area contributed by atoms with Gasteiger partial charge in [-0.05, 0) is 52.1 Å². The molecule has 0 aromatic carbocycles. The first-order valence-electron chi connectivity index (χ1n) is 7.74. The van der Waals surface area contributed by atoms with Gasteiger partial charge in [0.15, 0.2) is 0 Å². The topological polar surface area (TPSA) is 21.7 Å². The average Bonchev–Trinajstić information content (AvgIpc) is 2.86. The fraction of sp³-hybridized carbons (Fsp3) is 1.00. The molecule has 18 heavy (non-hydrogen) atoms. The second kappa shape index (κ2) is 10.8. The first-order valence-corrected chi connectivity index (χ1v) is 7.74. The lowest BCUT2D eigenvalue weighted by Crippen LogP contribution is -2.21. The van der Waals surface area contributed by atoms with Crippen molar-refractivity contribution in [2.75, 3.05) is 39.5 Å². The van der Waals surface area contributed by atoms with E-state index < -0.39 is 0 Å². The smallest absolute Gasteiger partial charge is 0.0546 e. The molecular weight excluding hydrogens is 226 g/mol. The van der Waals surface area contributed by atoms with E-state index in [0.717, 1.165) is 32.7 Å². The van der Waals surface area contributed by atoms with Crippen molar-refractivity contribution in [3.8, 4) is 0 Å². The zero-order chi connectivity index (χ0) is 13.1. The largest absolute Gasteiger partial charge is 0.381 e. The molecule has 0 saturated carbocycles. The predicted molar refractivity (Wildman–Crippen MR) is 76.0 cm³/mol. The summed E-state index contributed by atoms with van der Waals surface area (Å²) in [5.41, 5.74) is 0. The van der Waals surface area contributed by atoms with E-state index in [1.807, 2.05) is 0 Å². The zero-order valence-electron chi connectivity index (χ0n) is 12.3. The van der Waals surface area contributed by atoms with E-state index in [-0.39, 0.29) is 0 Å². The van der Waals surface area contributed by atoms with Gasteiger partial charge < -0.3 is 14.4 Å². The molecular formula is C15H31NO2. The highest BCUT2D eigenvalue weighted by molar-refractivity contribution is 4.65. The lowest BCUT2D eigenvalue weighted by molar-refractivity contribution is 0.0371. The molecule has 0 radical (unpaired) electrons. The SMILES string of the molecule is CCCC(C)OCCCOCCCN1CCCC1. The van der Waals surface area contributed by atoms with Crippen LogP contribution in [0.15, 0.2) is 0 Å². The van der Waals surface area contributed by atoms with Crippen molar-refractivity contribution >= 4 is 0 Å². The molecule has 1 aliphatic heterocycles. The Morgan fingerprint density at radius 3 is 2.50 bits per heavy atom. The Kier molecular flexibility index (Phi) is 9.54. The summed E-state index contributed by atoms with van der Waals surface area (Å²) in [6, 6.07) is 0. The van der Waals surface area contributed by atoms with Crippen molar-refractivity contribution in [1.82, 2.24) is 4.90 Å². The van der Waals surface area contributed by atoms with Crippen LogP contribution in [0.25, 0.3) is 0 Å². The van der Waals surface area contributed by atoms with Crippen LogP contribution in [0.2, 0.25) is 0 Å². The minimum absolute atomic E-state index is 0.408. The average molecular weight is 257 g/mol. The van der Waals surface area contributed by atoms with Gasteiger partial charge in [-0.15, -0.1) is 0 Å². The van der Waals surface area contributed by atoms with E-state index >= 15 is 0 Å². The highest BCUT2D eigenvalue weighted by Crippen LogP contribution is 2.07. The number of ether oxygens (including phenoxy) is 2. The highest BCUT2D eigenvalue weighted by Gasteiger charge is 2.09. The maximum Gasteiger partial charge on any atom is 0.0546 e. The maximum absolute atomic E-state index is 5.68. The van der Waals surface area contributed by atoms with Crippen molar-refractivity contribution < 1.29 is 9.47 Å². The summed E-state index contributed by atoms with van der Waals surface area (Å²) in [5.74, 6) is 0. The van der Waals surface area contributed by atoms with Gasteiger partial charge in [-0.3, -0.25) is 0 Å². The van der Waals surface area contributed by atoms with Crippen molar-refractivity contribution in [1.29, 1.82) is 0 Å². The summed E-state index contributed by atoms with van der Waals surface area (Å²) in [4.78, 5) is 2.54. The normalized spacial score (nSPS) is 18.3.